The van der Waals surface area contributed by atoms with Crippen LogP contribution in [0.4, 0.5) is 0 Å². The zero-order valence-corrected chi connectivity index (χ0v) is 10.7. The SMILES string of the molecule is CN1CCN(Cc2ccccc2C2CC2)CC1. The number of hydrogen-bond donors (Lipinski definition) is 0. The third-order valence-electron chi connectivity index (χ3n) is 4.06. The molecule has 0 N–H and O–H groups in total. The molecular weight excluding hydrogens is 208 g/mol. The zero-order chi connectivity index (χ0) is 11.7. The Kier molecular flexibility index (Phi) is 3.17. The number of hydrogen-bond acceptors (Lipinski definition) is 2. The first-order valence-electron chi connectivity index (χ1n) is 6.81. The Balaban J connectivity index is 1.68. The Bertz CT molecular complexity index is 376. The molecule has 0 radical (unpaired) electrons. The fraction of sp³-hybridized carbons (Fsp3) is 0.600. The van der Waals surface area contributed by atoms with E-state index in [9.17, 15) is 0 Å². The van der Waals surface area contributed by atoms with Crippen LogP contribution < -0.4 is 0 Å². The van der Waals surface area contributed by atoms with Crippen LogP contribution in [-0.4, -0.2) is 43.0 Å². The van der Waals surface area contributed by atoms with Gasteiger partial charge in [0.05, 0.1) is 0 Å². The molecule has 2 heteroatoms. The van der Waals surface area contributed by atoms with Crippen molar-refractivity contribution in [3.8, 4) is 0 Å². The number of nitrogens with zero attached hydrogens (tertiary/aromatic N) is 2. The van der Waals surface area contributed by atoms with Crippen LogP contribution in [0.15, 0.2) is 24.3 Å². The lowest BCUT2D eigenvalue weighted by molar-refractivity contribution is 0.148. The molecular formula is C15H22N2. The first-order chi connectivity index (χ1) is 8.33. The predicted octanol–water partition coefficient (Wildman–Crippen LogP) is 2.31. The van der Waals surface area contributed by atoms with Gasteiger partial charge in [0, 0.05) is 32.7 Å². The Morgan fingerprint density at radius 1 is 1.06 bits per heavy atom. The Hall–Kier alpha value is -0.860. The molecule has 1 saturated carbocycles. The van der Waals surface area contributed by atoms with Crippen molar-refractivity contribution in [1.82, 2.24) is 9.80 Å². The Morgan fingerprint density at radius 3 is 2.47 bits per heavy atom. The van der Waals surface area contributed by atoms with Gasteiger partial charge >= 0.3 is 0 Å². The van der Waals surface area contributed by atoms with Crippen molar-refractivity contribution in [3.63, 3.8) is 0 Å². The molecule has 2 nitrogen and oxygen atoms in total. The maximum absolute atomic E-state index is 2.60. The molecule has 0 unspecified atom stereocenters. The third kappa shape index (κ3) is 2.70. The summed E-state index contributed by atoms with van der Waals surface area (Å²) < 4.78 is 0. The fourth-order valence-electron chi connectivity index (χ4n) is 2.72. The van der Waals surface area contributed by atoms with E-state index in [-0.39, 0.29) is 0 Å². The van der Waals surface area contributed by atoms with E-state index in [0.717, 1.165) is 12.5 Å². The van der Waals surface area contributed by atoms with Crippen molar-refractivity contribution in [2.75, 3.05) is 33.2 Å². The summed E-state index contributed by atoms with van der Waals surface area (Å²) >= 11 is 0. The molecule has 2 aliphatic rings. The molecule has 3 rings (SSSR count). The van der Waals surface area contributed by atoms with Crippen LogP contribution in [0.3, 0.4) is 0 Å². The Labute approximate surface area is 104 Å². The molecule has 1 aromatic carbocycles. The lowest BCUT2D eigenvalue weighted by Gasteiger charge is -2.32. The van der Waals surface area contributed by atoms with Crippen molar-refractivity contribution in [2.45, 2.75) is 25.3 Å². The van der Waals surface area contributed by atoms with Crippen LogP contribution in [0.2, 0.25) is 0 Å². The highest BCUT2D eigenvalue weighted by atomic mass is 15.2. The monoisotopic (exact) mass is 230 g/mol. The van der Waals surface area contributed by atoms with E-state index < -0.39 is 0 Å². The van der Waals surface area contributed by atoms with E-state index in [4.69, 9.17) is 0 Å². The molecule has 1 aliphatic carbocycles. The third-order valence-corrected chi connectivity index (χ3v) is 4.06. The summed E-state index contributed by atoms with van der Waals surface area (Å²) in [5.41, 5.74) is 3.19. The molecule has 0 spiro atoms. The van der Waals surface area contributed by atoms with Crippen LogP contribution >= 0.6 is 0 Å². The molecule has 0 bridgehead atoms. The smallest absolute Gasteiger partial charge is 0.0237 e. The lowest BCUT2D eigenvalue weighted by atomic mass is 10.0. The number of rotatable bonds is 3. The molecule has 0 amide bonds. The average molecular weight is 230 g/mol. The van der Waals surface area contributed by atoms with Gasteiger partial charge in [-0.1, -0.05) is 24.3 Å². The van der Waals surface area contributed by atoms with Gasteiger partial charge in [-0.3, -0.25) is 4.90 Å². The van der Waals surface area contributed by atoms with E-state index in [2.05, 4.69) is 41.1 Å². The fourth-order valence-corrected chi connectivity index (χ4v) is 2.72. The maximum Gasteiger partial charge on any atom is 0.0237 e. The average Bonchev–Trinajstić information content (AvgIpc) is 3.17. The summed E-state index contributed by atoms with van der Waals surface area (Å²) in [6, 6.07) is 9.05. The van der Waals surface area contributed by atoms with E-state index in [0.29, 0.717) is 0 Å². The van der Waals surface area contributed by atoms with Gasteiger partial charge in [-0.05, 0) is 36.9 Å². The first kappa shape index (κ1) is 11.2. The second kappa shape index (κ2) is 4.79. The minimum absolute atomic E-state index is 0.874. The van der Waals surface area contributed by atoms with Gasteiger partial charge < -0.3 is 4.90 Å². The second-order valence-electron chi connectivity index (χ2n) is 5.55. The van der Waals surface area contributed by atoms with Gasteiger partial charge in [0.1, 0.15) is 0 Å². The van der Waals surface area contributed by atoms with Gasteiger partial charge in [-0.2, -0.15) is 0 Å². The van der Waals surface area contributed by atoms with Gasteiger partial charge in [0.2, 0.25) is 0 Å². The normalized spacial score (nSPS) is 22.9. The molecule has 92 valence electrons. The summed E-state index contributed by atoms with van der Waals surface area (Å²) in [5.74, 6) is 0.874. The molecule has 2 fully saturated rings. The van der Waals surface area contributed by atoms with Crippen molar-refractivity contribution in [2.24, 2.45) is 0 Å². The second-order valence-corrected chi connectivity index (χ2v) is 5.55. The minimum Gasteiger partial charge on any atom is -0.304 e. The molecule has 17 heavy (non-hydrogen) atoms. The van der Waals surface area contributed by atoms with Crippen molar-refractivity contribution >= 4 is 0 Å². The van der Waals surface area contributed by atoms with Crippen LogP contribution in [-0.2, 0) is 6.54 Å². The van der Waals surface area contributed by atoms with Crippen LogP contribution in [0.5, 0.6) is 0 Å². The van der Waals surface area contributed by atoms with E-state index in [1.807, 2.05) is 0 Å². The highest BCUT2D eigenvalue weighted by Gasteiger charge is 2.26. The number of piperazine rings is 1. The topological polar surface area (TPSA) is 6.48 Å². The lowest BCUT2D eigenvalue weighted by Crippen LogP contribution is -2.44. The molecule has 1 heterocycles. The van der Waals surface area contributed by atoms with E-state index in [1.165, 1.54) is 39.0 Å². The van der Waals surface area contributed by atoms with E-state index >= 15 is 0 Å². The van der Waals surface area contributed by atoms with E-state index in [1.54, 1.807) is 11.1 Å². The summed E-state index contributed by atoms with van der Waals surface area (Å²) in [5, 5.41) is 0. The van der Waals surface area contributed by atoms with Crippen molar-refractivity contribution in [1.29, 1.82) is 0 Å². The van der Waals surface area contributed by atoms with Gasteiger partial charge in [-0.15, -0.1) is 0 Å². The molecule has 1 aliphatic heterocycles. The minimum atomic E-state index is 0.874. The van der Waals surface area contributed by atoms with Gasteiger partial charge in [0.15, 0.2) is 0 Å². The van der Waals surface area contributed by atoms with Crippen LogP contribution in [0, 0.1) is 0 Å². The maximum atomic E-state index is 2.60. The highest BCUT2D eigenvalue weighted by Crippen LogP contribution is 2.41. The highest BCUT2D eigenvalue weighted by molar-refractivity contribution is 5.33. The summed E-state index contributed by atoms with van der Waals surface area (Å²) in [4.78, 5) is 5.02. The van der Waals surface area contributed by atoms with Crippen molar-refractivity contribution < 1.29 is 0 Å². The first-order valence-corrected chi connectivity index (χ1v) is 6.81. The largest absolute Gasteiger partial charge is 0.304 e. The summed E-state index contributed by atoms with van der Waals surface area (Å²) in [6.07, 6.45) is 2.81. The summed E-state index contributed by atoms with van der Waals surface area (Å²) in [7, 11) is 2.22. The number of likely N-dealkylation sites (N-methyl/N-ethyl adjacent to an activating group) is 1. The molecule has 0 atom stereocenters. The zero-order valence-electron chi connectivity index (χ0n) is 10.7. The summed E-state index contributed by atoms with van der Waals surface area (Å²) in [6.45, 7) is 6.02. The number of benzene rings is 1. The van der Waals surface area contributed by atoms with Crippen molar-refractivity contribution in [3.05, 3.63) is 35.4 Å². The Morgan fingerprint density at radius 2 is 1.76 bits per heavy atom. The molecule has 0 aromatic heterocycles. The quantitative estimate of drug-likeness (QED) is 0.786. The van der Waals surface area contributed by atoms with Crippen LogP contribution in [0.25, 0.3) is 0 Å². The molecule has 1 aromatic rings. The van der Waals surface area contributed by atoms with Gasteiger partial charge in [-0.25, -0.2) is 0 Å². The van der Waals surface area contributed by atoms with Gasteiger partial charge in [0.25, 0.3) is 0 Å². The van der Waals surface area contributed by atoms with Crippen LogP contribution in [0.1, 0.15) is 29.9 Å². The molecule has 1 saturated heterocycles. The standard InChI is InChI=1S/C15H22N2/c1-16-8-10-17(11-9-16)12-14-4-2-3-5-15(14)13-6-7-13/h2-5,13H,6-12H2,1H3. The predicted molar refractivity (Wildman–Crippen MR) is 71.2 cm³/mol.